The Labute approximate surface area is 95.3 Å². The Balaban J connectivity index is 2.82. The van der Waals surface area contributed by atoms with Crippen LogP contribution in [0, 0.1) is 0 Å². The van der Waals surface area contributed by atoms with E-state index in [2.05, 4.69) is 15.9 Å². The number of hydrogen-bond acceptors (Lipinski definition) is 2. The number of halogens is 2. The van der Waals surface area contributed by atoms with Crippen molar-refractivity contribution in [1.29, 1.82) is 0 Å². The average molecular weight is 279 g/mol. The van der Waals surface area contributed by atoms with Gasteiger partial charge in [-0.15, -0.1) is 0 Å². The van der Waals surface area contributed by atoms with Crippen molar-refractivity contribution < 1.29 is 9.53 Å². The van der Waals surface area contributed by atoms with Crippen molar-refractivity contribution in [3.8, 4) is 5.75 Å². The zero-order chi connectivity index (χ0) is 10.7. The summed E-state index contributed by atoms with van der Waals surface area (Å²) >= 11 is 9.13. The standard InChI is InChI=1S/C9H9BrClNO2/c1-5(9(12)13)14-8-3-2-6(10)4-7(8)11/h2-5H,1H3,(H2,12,13)/t5-/m0/s1. The van der Waals surface area contributed by atoms with E-state index < -0.39 is 12.0 Å². The topological polar surface area (TPSA) is 52.3 Å². The van der Waals surface area contributed by atoms with Crippen LogP contribution in [0.25, 0.3) is 0 Å². The SMILES string of the molecule is C[C@H](Oc1ccc(Br)cc1Cl)C(N)=O. The number of nitrogens with two attached hydrogens (primary N) is 1. The van der Waals surface area contributed by atoms with Crippen molar-refractivity contribution in [2.75, 3.05) is 0 Å². The number of amides is 1. The molecule has 0 bridgehead atoms. The van der Waals surface area contributed by atoms with Crippen LogP contribution in [0.1, 0.15) is 6.92 Å². The van der Waals surface area contributed by atoms with Crippen LogP contribution < -0.4 is 10.5 Å². The highest BCUT2D eigenvalue weighted by molar-refractivity contribution is 9.10. The molecule has 0 aliphatic heterocycles. The number of benzene rings is 1. The second kappa shape index (κ2) is 4.66. The van der Waals surface area contributed by atoms with Gasteiger partial charge in [-0.1, -0.05) is 27.5 Å². The predicted octanol–water partition coefficient (Wildman–Crippen LogP) is 2.36. The molecule has 0 heterocycles. The van der Waals surface area contributed by atoms with Crippen molar-refractivity contribution in [1.82, 2.24) is 0 Å². The highest BCUT2D eigenvalue weighted by Gasteiger charge is 2.12. The average Bonchev–Trinajstić information content (AvgIpc) is 2.09. The van der Waals surface area contributed by atoms with Gasteiger partial charge in [-0.3, -0.25) is 4.79 Å². The van der Waals surface area contributed by atoms with Gasteiger partial charge in [0.1, 0.15) is 5.75 Å². The summed E-state index contributed by atoms with van der Waals surface area (Å²) in [6, 6.07) is 5.13. The highest BCUT2D eigenvalue weighted by atomic mass is 79.9. The monoisotopic (exact) mass is 277 g/mol. The summed E-state index contributed by atoms with van der Waals surface area (Å²) in [5.41, 5.74) is 5.05. The van der Waals surface area contributed by atoms with Gasteiger partial charge in [0.05, 0.1) is 5.02 Å². The van der Waals surface area contributed by atoms with Crippen LogP contribution in [-0.4, -0.2) is 12.0 Å². The van der Waals surface area contributed by atoms with Crippen LogP contribution in [0.5, 0.6) is 5.75 Å². The summed E-state index contributed by atoms with van der Waals surface area (Å²) in [6.45, 7) is 1.57. The third-order valence-electron chi connectivity index (χ3n) is 1.60. The van der Waals surface area contributed by atoms with Gasteiger partial charge < -0.3 is 10.5 Å². The molecule has 0 unspecified atom stereocenters. The maximum atomic E-state index is 10.7. The third-order valence-corrected chi connectivity index (χ3v) is 2.39. The summed E-state index contributed by atoms with van der Waals surface area (Å²) in [6.07, 6.45) is -0.686. The van der Waals surface area contributed by atoms with Gasteiger partial charge in [0.15, 0.2) is 6.10 Å². The fourth-order valence-corrected chi connectivity index (χ4v) is 1.54. The molecule has 0 radical (unpaired) electrons. The van der Waals surface area contributed by atoms with E-state index in [4.69, 9.17) is 22.1 Å². The summed E-state index contributed by atoms with van der Waals surface area (Å²) in [7, 11) is 0. The molecular weight excluding hydrogens is 269 g/mol. The Bertz CT molecular complexity index is 357. The van der Waals surface area contributed by atoms with Gasteiger partial charge in [-0.2, -0.15) is 0 Å². The Kier molecular flexibility index (Phi) is 3.77. The van der Waals surface area contributed by atoms with Gasteiger partial charge in [-0.25, -0.2) is 0 Å². The molecule has 0 spiro atoms. The quantitative estimate of drug-likeness (QED) is 0.923. The number of rotatable bonds is 3. The van der Waals surface area contributed by atoms with E-state index in [-0.39, 0.29) is 0 Å². The van der Waals surface area contributed by atoms with Crippen LogP contribution in [0.3, 0.4) is 0 Å². The molecule has 1 rings (SSSR count). The Morgan fingerprint density at radius 3 is 2.79 bits per heavy atom. The number of primary amides is 1. The normalized spacial score (nSPS) is 12.2. The molecule has 76 valence electrons. The Morgan fingerprint density at radius 2 is 2.29 bits per heavy atom. The van der Waals surface area contributed by atoms with Crippen molar-refractivity contribution >= 4 is 33.4 Å². The summed E-state index contributed by atoms with van der Waals surface area (Å²) in [5, 5.41) is 0.437. The molecule has 1 aromatic carbocycles. The molecule has 0 fully saturated rings. The van der Waals surface area contributed by atoms with E-state index in [0.29, 0.717) is 10.8 Å². The molecule has 1 amide bonds. The molecule has 1 atom stereocenters. The van der Waals surface area contributed by atoms with E-state index in [0.717, 1.165) is 4.47 Å². The first-order valence-electron chi connectivity index (χ1n) is 3.91. The summed E-state index contributed by atoms with van der Waals surface area (Å²) < 4.78 is 6.08. The third kappa shape index (κ3) is 2.89. The number of hydrogen-bond donors (Lipinski definition) is 1. The van der Waals surface area contributed by atoms with E-state index >= 15 is 0 Å². The second-order valence-electron chi connectivity index (χ2n) is 2.74. The van der Waals surface area contributed by atoms with E-state index in [9.17, 15) is 4.79 Å². The number of carbonyl (C=O) groups excluding carboxylic acids is 1. The van der Waals surface area contributed by atoms with Crippen molar-refractivity contribution in [2.24, 2.45) is 5.73 Å². The van der Waals surface area contributed by atoms with Gasteiger partial charge in [0.2, 0.25) is 0 Å². The van der Waals surface area contributed by atoms with Gasteiger partial charge in [0, 0.05) is 4.47 Å². The maximum Gasteiger partial charge on any atom is 0.258 e. The van der Waals surface area contributed by atoms with E-state index in [1.165, 1.54) is 0 Å². The zero-order valence-corrected chi connectivity index (χ0v) is 9.80. The lowest BCUT2D eigenvalue weighted by atomic mass is 10.3. The molecule has 0 saturated heterocycles. The van der Waals surface area contributed by atoms with Crippen LogP contribution >= 0.6 is 27.5 Å². The molecule has 3 nitrogen and oxygen atoms in total. The van der Waals surface area contributed by atoms with Crippen LogP contribution in [0.4, 0.5) is 0 Å². The molecular formula is C9H9BrClNO2. The largest absolute Gasteiger partial charge is 0.479 e. The number of ether oxygens (including phenoxy) is 1. The van der Waals surface area contributed by atoms with Crippen molar-refractivity contribution in [3.63, 3.8) is 0 Å². The minimum atomic E-state index is -0.686. The van der Waals surface area contributed by atoms with E-state index in [1.807, 2.05) is 0 Å². The smallest absolute Gasteiger partial charge is 0.258 e. The highest BCUT2D eigenvalue weighted by Crippen LogP contribution is 2.28. The summed E-state index contributed by atoms with van der Waals surface area (Å²) in [5.74, 6) is -0.0786. The van der Waals surface area contributed by atoms with Crippen LogP contribution in [-0.2, 0) is 4.79 Å². The molecule has 5 heteroatoms. The summed E-state index contributed by atoms with van der Waals surface area (Å²) in [4.78, 5) is 10.7. The van der Waals surface area contributed by atoms with Crippen molar-refractivity contribution in [3.05, 3.63) is 27.7 Å². The molecule has 2 N–H and O–H groups in total. The first-order chi connectivity index (χ1) is 6.50. The molecule has 0 aromatic heterocycles. The minimum absolute atomic E-state index is 0.437. The van der Waals surface area contributed by atoms with Gasteiger partial charge >= 0.3 is 0 Å². The lowest BCUT2D eigenvalue weighted by molar-refractivity contribution is -0.123. The fraction of sp³-hybridized carbons (Fsp3) is 0.222. The molecule has 0 saturated carbocycles. The van der Waals surface area contributed by atoms with Crippen LogP contribution in [0.2, 0.25) is 5.02 Å². The lowest BCUT2D eigenvalue weighted by Crippen LogP contribution is -2.30. The lowest BCUT2D eigenvalue weighted by Gasteiger charge is -2.12. The molecule has 14 heavy (non-hydrogen) atoms. The number of carbonyl (C=O) groups is 1. The van der Waals surface area contributed by atoms with Gasteiger partial charge in [-0.05, 0) is 25.1 Å². The Hall–Kier alpha value is -0.740. The van der Waals surface area contributed by atoms with Gasteiger partial charge in [0.25, 0.3) is 5.91 Å². The predicted molar refractivity (Wildman–Crippen MR) is 58.4 cm³/mol. The van der Waals surface area contributed by atoms with Crippen LogP contribution in [0.15, 0.2) is 22.7 Å². The van der Waals surface area contributed by atoms with Crippen molar-refractivity contribution in [2.45, 2.75) is 13.0 Å². The molecule has 0 aliphatic carbocycles. The maximum absolute atomic E-state index is 10.7. The minimum Gasteiger partial charge on any atom is -0.479 e. The first-order valence-corrected chi connectivity index (χ1v) is 5.09. The second-order valence-corrected chi connectivity index (χ2v) is 4.06. The molecule has 0 aliphatic rings. The Morgan fingerprint density at radius 1 is 1.64 bits per heavy atom. The first kappa shape index (κ1) is 11.3. The molecule has 1 aromatic rings. The zero-order valence-electron chi connectivity index (χ0n) is 7.46. The fourth-order valence-electron chi connectivity index (χ4n) is 0.819. The van der Waals surface area contributed by atoms with E-state index in [1.54, 1.807) is 25.1 Å².